The average Bonchev–Trinajstić information content (AvgIpc) is 2.08. The molecule has 12 heavy (non-hydrogen) atoms. The van der Waals surface area contributed by atoms with Crippen molar-refractivity contribution in [3.63, 3.8) is 0 Å². The van der Waals surface area contributed by atoms with Crippen LogP contribution < -0.4 is 5.73 Å². The topological polar surface area (TPSA) is 43.1 Å². The van der Waals surface area contributed by atoms with Crippen LogP contribution in [0.4, 0.5) is 10.1 Å². The highest BCUT2D eigenvalue weighted by Gasteiger charge is 2.08. The molecule has 0 spiro atoms. The molecule has 2 N–H and O–H groups in total. The Hall–Kier alpha value is -1.38. The van der Waals surface area contributed by atoms with Gasteiger partial charge in [0.05, 0.1) is 5.56 Å². The number of hydrogen-bond donors (Lipinski definition) is 1. The van der Waals surface area contributed by atoms with E-state index in [1.807, 2.05) is 0 Å². The number of anilines is 1. The third-order valence-corrected chi connectivity index (χ3v) is 1.61. The summed E-state index contributed by atoms with van der Waals surface area (Å²) in [6, 6.07) is 4.00. The van der Waals surface area contributed by atoms with Crippen LogP contribution in [0.15, 0.2) is 18.2 Å². The van der Waals surface area contributed by atoms with E-state index in [1.54, 1.807) is 6.92 Å². The second kappa shape index (κ2) is 3.34. The van der Waals surface area contributed by atoms with Gasteiger partial charge in [0, 0.05) is 12.1 Å². The Balaban J connectivity index is 3.13. The molecule has 0 fully saturated rings. The van der Waals surface area contributed by atoms with Gasteiger partial charge in [-0.15, -0.1) is 0 Å². The molecule has 0 aliphatic rings. The normalized spacial score (nSPS) is 9.83. The van der Waals surface area contributed by atoms with Gasteiger partial charge in [0.2, 0.25) is 0 Å². The lowest BCUT2D eigenvalue weighted by molar-refractivity contribution is 0.0984. The van der Waals surface area contributed by atoms with Crippen LogP contribution in [0.3, 0.4) is 0 Å². The third-order valence-electron chi connectivity index (χ3n) is 1.61. The van der Waals surface area contributed by atoms with E-state index >= 15 is 0 Å². The lowest BCUT2D eigenvalue weighted by Crippen LogP contribution is -2.01. The number of hydrogen-bond acceptors (Lipinski definition) is 2. The average molecular weight is 167 g/mol. The van der Waals surface area contributed by atoms with Gasteiger partial charge >= 0.3 is 0 Å². The Morgan fingerprint density at radius 1 is 1.58 bits per heavy atom. The largest absolute Gasteiger partial charge is 0.399 e. The number of ketones is 1. The summed E-state index contributed by atoms with van der Waals surface area (Å²) in [5, 5.41) is 0. The highest BCUT2D eigenvalue weighted by Crippen LogP contribution is 2.13. The minimum atomic E-state index is -0.504. The molecule has 3 heteroatoms. The zero-order valence-electron chi connectivity index (χ0n) is 6.80. The predicted octanol–water partition coefficient (Wildman–Crippen LogP) is 2.00. The monoisotopic (exact) mass is 167 g/mol. The summed E-state index contributed by atoms with van der Waals surface area (Å²) < 4.78 is 12.9. The fourth-order valence-corrected chi connectivity index (χ4v) is 0.947. The maximum absolute atomic E-state index is 12.9. The van der Waals surface area contributed by atoms with Crippen LogP contribution in [0.1, 0.15) is 23.7 Å². The van der Waals surface area contributed by atoms with Crippen LogP contribution in [0, 0.1) is 5.82 Å². The minimum absolute atomic E-state index is 0.0810. The smallest absolute Gasteiger partial charge is 0.165 e. The highest BCUT2D eigenvalue weighted by atomic mass is 19.1. The van der Waals surface area contributed by atoms with Crippen molar-refractivity contribution in [3.05, 3.63) is 29.6 Å². The van der Waals surface area contributed by atoms with Gasteiger partial charge in [-0.3, -0.25) is 4.79 Å². The van der Waals surface area contributed by atoms with Crippen molar-refractivity contribution in [1.82, 2.24) is 0 Å². The van der Waals surface area contributed by atoms with Gasteiger partial charge in [0.1, 0.15) is 5.82 Å². The van der Waals surface area contributed by atoms with Crippen molar-refractivity contribution < 1.29 is 9.18 Å². The molecule has 1 rings (SSSR count). The van der Waals surface area contributed by atoms with Crippen LogP contribution in [0.2, 0.25) is 0 Å². The van der Waals surface area contributed by atoms with Crippen LogP contribution >= 0.6 is 0 Å². The Morgan fingerprint density at radius 3 is 2.83 bits per heavy atom. The van der Waals surface area contributed by atoms with Crippen molar-refractivity contribution in [1.29, 1.82) is 0 Å². The number of rotatable bonds is 2. The molecule has 0 aliphatic heterocycles. The fraction of sp³-hybridized carbons (Fsp3) is 0.222. The Labute approximate surface area is 70.2 Å². The van der Waals surface area contributed by atoms with Crippen LogP contribution in [0.25, 0.3) is 0 Å². The summed E-state index contributed by atoms with van der Waals surface area (Å²) in [4.78, 5) is 11.1. The van der Waals surface area contributed by atoms with E-state index in [0.29, 0.717) is 12.1 Å². The zero-order valence-corrected chi connectivity index (χ0v) is 6.80. The summed E-state index contributed by atoms with van der Waals surface area (Å²) in [6.07, 6.45) is 0.292. The van der Waals surface area contributed by atoms with Gasteiger partial charge in [-0.2, -0.15) is 0 Å². The Bertz CT molecular complexity index is 309. The van der Waals surface area contributed by atoms with E-state index < -0.39 is 5.82 Å². The Morgan fingerprint density at radius 2 is 2.25 bits per heavy atom. The first-order chi connectivity index (χ1) is 5.65. The van der Waals surface area contributed by atoms with Gasteiger partial charge in [-0.25, -0.2) is 4.39 Å². The lowest BCUT2D eigenvalue weighted by atomic mass is 10.1. The summed E-state index contributed by atoms with van der Waals surface area (Å²) in [5.41, 5.74) is 5.89. The van der Waals surface area contributed by atoms with Crippen LogP contribution in [0.5, 0.6) is 0 Å². The van der Waals surface area contributed by atoms with E-state index in [4.69, 9.17) is 5.73 Å². The molecule has 1 aromatic carbocycles. The molecular weight excluding hydrogens is 157 g/mol. The number of nitrogen functional groups attached to an aromatic ring is 1. The van der Waals surface area contributed by atoms with Crippen molar-refractivity contribution in [3.8, 4) is 0 Å². The van der Waals surface area contributed by atoms with Crippen molar-refractivity contribution in [2.75, 3.05) is 5.73 Å². The van der Waals surface area contributed by atoms with Crippen LogP contribution in [-0.4, -0.2) is 5.78 Å². The molecule has 0 amide bonds. The maximum atomic E-state index is 12.9. The van der Waals surface area contributed by atoms with Gasteiger partial charge in [-0.05, 0) is 18.2 Å². The number of halogens is 1. The molecule has 0 radical (unpaired) electrons. The first kappa shape index (κ1) is 8.71. The van der Waals surface area contributed by atoms with E-state index in [1.165, 1.54) is 18.2 Å². The van der Waals surface area contributed by atoms with Crippen molar-refractivity contribution >= 4 is 11.5 Å². The van der Waals surface area contributed by atoms with Crippen molar-refractivity contribution in [2.24, 2.45) is 0 Å². The quantitative estimate of drug-likeness (QED) is 0.540. The summed E-state index contributed by atoms with van der Waals surface area (Å²) >= 11 is 0. The van der Waals surface area contributed by atoms with Crippen molar-refractivity contribution in [2.45, 2.75) is 13.3 Å². The first-order valence-electron chi connectivity index (χ1n) is 3.73. The predicted molar refractivity (Wildman–Crippen MR) is 45.4 cm³/mol. The van der Waals surface area contributed by atoms with Gasteiger partial charge < -0.3 is 5.73 Å². The zero-order chi connectivity index (χ0) is 9.14. The molecule has 0 atom stereocenters. The third kappa shape index (κ3) is 1.61. The molecular formula is C9H10FNO. The number of carbonyl (C=O) groups is 1. The molecule has 0 bridgehead atoms. The molecule has 0 saturated heterocycles. The first-order valence-corrected chi connectivity index (χ1v) is 3.73. The molecule has 0 heterocycles. The Kier molecular flexibility index (Phi) is 2.43. The fourth-order valence-electron chi connectivity index (χ4n) is 0.947. The second-order valence-electron chi connectivity index (χ2n) is 2.52. The van der Waals surface area contributed by atoms with E-state index in [2.05, 4.69) is 0 Å². The number of nitrogens with two attached hydrogens (primary N) is 1. The maximum Gasteiger partial charge on any atom is 0.165 e. The van der Waals surface area contributed by atoms with Crippen LogP contribution in [-0.2, 0) is 0 Å². The van der Waals surface area contributed by atoms with Gasteiger partial charge in [0.15, 0.2) is 5.78 Å². The van der Waals surface area contributed by atoms with Gasteiger partial charge in [-0.1, -0.05) is 6.92 Å². The van der Waals surface area contributed by atoms with E-state index in [0.717, 1.165) is 0 Å². The molecule has 0 saturated carbocycles. The van der Waals surface area contributed by atoms with Gasteiger partial charge in [0.25, 0.3) is 0 Å². The number of carbonyl (C=O) groups excluding carboxylic acids is 1. The number of benzene rings is 1. The molecule has 2 nitrogen and oxygen atoms in total. The lowest BCUT2D eigenvalue weighted by Gasteiger charge is -2.00. The molecule has 0 aromatic heterocycles. The number of Topliss-reactive ketones (excluding diaryl/α,β-unsaturated/α-hetero) is 1. The minimum Gasteiger partial charge on any atom is -0.399 e. The molecule has 64 valence electrons. The molecule has 0 aliphatic carbocycles. The van der Waals surface area contributed by atoms with E-state index in [9.17, 15) is 9.18 Å². The second-order valence-corrected chi connectivity index (χ2v) is 2.52. The summed E-state index contributed by atoms with van der Waals surface area (Å²) in [5.74, 6) is -0.726. The molecule has 0 unspecified atom stereocenters. The summed E-state index contributed by atoms with van der Waals surface area (Å²) in [6.45, 7) is 1.69. The summed E-state index contributed by atoms with van der Waals surface area (Å²) in [7, 11) is 0. The van der Waals surface area contributed by atoms with E-state index in [-0.39, 0.29) is 11.3 Å². The highest BCUT2D eigenvalue weighted by molar-refractivity contribution is 5.96. The SMILES string of the molecule is CCC(=O)c1cc(N)ccc1F. The molecule has 1 aromatic rings. The standard InChI is InChI=1S/C9H10FNO/c1-2-9(12)7-5-6(11)3-4-8(7)10/h3-5H,2,11H2,1H3.